The lowest BCUT2D eigenvalue weighted by atomic mass is 10.1. The standard InChI is InChI=1S/C24H20N4O5S2/c1-2-21(35-18-9-4-7-16(13-18)25-22(29)20-10-5-11-33-20)23(30)27-24-26-19(14-34-24)15-6-3-8-17(12-15)28(31)32/h3-14,21H,2H2,1H3,(H,25,29)(H,26,27,30). The maximum Gasteiger partial charge on any atom is 0.291 e. The summed E-state index contributed by atoms with van der Waals surface area (Å²) < 4.78 is 5.11. The summed E-state index contributed by atoms with van der Waals surface area (Å²) in [6.45, 7) is 1.91. The van der Waals surface area contributed by atoms with Crippen LogP contribution in [-0.4, -0.2) is 27.0 Å². The highest BCUT2D eigenvalue weighted by molar-refractivity contribution is 8.00. The zero-order valence-corrected chi connectivity index (χ0v) is 20.1. The summed E-state index contributed by atoms with van der Waals surface area (Å²) in [4.78, 5) is 40.9. The quantitative estimate of drug-likeness (QED) is 0.159. The predicted octanol–water partition coefficient (Wildman–Crippen LogP) is 6.07. The molecule has 0 radical (unpaired) electrons. The first-order chi connectivity index (χ1) is 16.9. The fraction of sp³-hybridized carbons (Fsp3) is 0.125. The van der Waals surface area contributed by atoms with Crippen molar-refractivity contribution in [2.45, 2.75) is 23.5 Å². The summed E-state index contributed by atoms with van der Waals surface area (Å²) in [6.07, 6.45) is 2.00. The molecule has 9 nitrogen and oxygen atoms in total. The number of hydrogen-bond acceptors (Lipinski definition) is 8. The van der Waals surface area contributed by atoms with Crippen molar-refractivity contribution in [3.63, 3.8) is 0 Å². The number of nitrogens with zero attached hydrogens (tertiary/aromatic N) is 2. The Morgan fingerprint density at radius 2 is 1.97 bits per heavy atom. The van der Waals surface area contributed by atoms with E-state index in [1.165, 1.54) is 41.5 Å². The number of thiazole rings is 1. The van der Waals surface area contributed by atoms with Crippen LogP contribution in [-0.2, 0) is 4.79 Å². The van der Waals surface area contributed by atoms with Crippen molar-refractivity contribution in [1.29, 1.82) is 0 Å². The minimum atomic E-state index is -0.459. The molecule has 2 N–H and O–H groups in total. The number of non-ortho nitro benzene ring substituents is 1. The first kappa shape index (κ1) is 24.2. The van der Waals surface area contributed by atoms with Gasteiger partial charge in [0.2, 0.25) is 5.91 Å². The number of nitro benzene ring substituents is 1. The van der Waals surface area contributed by atoms with Crippen LogP contribution in [0.1, 0.15) is 23.9 Å². The lowest BCUT2D eigenvalue weighted by Crippen LogP contribution is -2.24. The van der Waals surface area contributed by atoms with Crippen molar-refractivity contribution in [3.8, 4) is 11.3 Å². The van der Waals surface area contributed by atoms with Gasteiger partial charge in [-0.15, -0.1) is 23.1 Å². The van der Waals surface area contributed by atoms with Crippen molar-refractivity contribution in [1.82, 2.24) is 4.98 Å². The van der Waals surface area contributed by atoms with Gasteiger partial charge in [0, 0.05) is 33.7 Å². The molecule has 0 saturated carbocycles. The molecule has 1 unspecified atom stereocenters. The zero-order chi connectivity index (χ0) is 24.8. The first-order valence-electron chi connectivity index (χ1n) is 10.6. The van der Waals surface area contributed by atoms with Crippen molar-refractivity contribution >= 4 is 51.4 Å². The second kappa shape index (κ2) is 11.0. The molecule has 35 heavy (non-hydrogen) atoms. The molecule has 2 amide bonds. The van der Waals surface area contributed by atoms with E-state index < -0.39 is 10.2 Å². The third kappa shape index (κ3) is 6.14. The number of thioether (sulfide) groups is 1. The van der Waals surface area contributed by atoms with Gasteiger partial charge in [0.25, 0.3) is 11.6 Å². The van der Waals surface area contributed by atoms with Crippen LogP contribution < -0.4 is 10.6 Å². The fourth-order valence-electron chi connectivity index (χ4n) is 3.16. The summed E-state index contributed by atoms with van der Waals surface area (Å²) >= 11 is 2.63. The number of furan rings is 1. The summed E-state index contributed by atoms with van der Waals surface area (Å²) in [5.74, 6) is -0.352. The van der Waals surface area contributed by atoms with Crippen LogP contribution in [0.25, 0.3) is 11.3 Å². The van der Waals surface area contributed by atoms with Crippen molar-refractivity contribution in [2.24, 2.45) is 0 Å². The van der Waals surface area contributed by atoms with Gasteiger partial charge in [0.05, 0.1) is 22.1 Å². The average Bonchev–Trinajstić information content (AvgIpc) is 3.55. The molecule has 2 aromatic heterocycles. The topological polar surface area (TPSA) is 127 Å². The maximum atomic E-state index is 12.9. The number of carbonyl (C=O) groups is 2. The minimum absolute atomic E-state index is 0.0221. The second-order valence-electron chi connectivity index (χ2n) is 7.31. The fourth-order valence-corrected chi connectivity index (χ4v) is 4.90. The minimum Gasteiger partial charge on any atom is -0.459 e. The maximum absolute atomic E-state index is 12.9. The van der Waals surface area contributed by atoms with Gasteiger partial charge in [0.1, 0.15) is 0 Å². The number of carbonyl (C=O) groups excluding carboxylic acids is 2. The number of rotatable bonds is 9. The Labute approximate surface area is 208 Å². The van der Waals surface area contributed by atoms with Crippen LogP contribution >= 0.6 is 23.1 Å². The molecule has 0 aliphatic rings. The van der Waals surface area contributed by atoms with E-state index in [4.69, 9.17) is 4.42 Å². The normalized spacial score (nSPS) is 11.6. The number of benzene rings is 2. The summed E-state index contributed by atoms with van der Waals surface area (Å²) in [5, 5.41) is 18.4. The Morgan fingerprint density at radius 3 is 2.71 bits per heavy atom. The van der Waals surface area contributed by atoms with Crippen molar-refractivity contribution in [3.05, 3.63) is 88.2 Å². The van der Waals surface area contributed by atoms with Crippen molar-refractivity contribution < 1.29 is 18.9 Å². The highest BCUT2D eigenvalue weighted by Gasteiger charge is 2.20. The summed E-state index contributed by atoms with van der Waals surface area (Å²) in [6, 6.07) is 16.6. The van der Waals surface area contributed by atoms with Crippen LogP contribution in [0.3, 0.4) is 0 Å². The lowest BCUT2D eigenvalue weighted by molar-refractivity contribution is -0.384. The van der Waals surface area contributed by atoms with Gasteiger partial charge < -0.3 is 15.1 Å². The summed E-state index contributed by atoms with van der Waals surface area (Å²) in [5.41, 5.74) is 1.72. The van der Waals surface area contributed by atoms with Gasteiger partial charge in [-0.05, 0) is 36.8 Å². The predicted molar refractivity (Wildman–Crippen MR) is 136 cm³/mol. The molecule has 2 heterocycles. The van der Waals surface area contributed by atoms with E-state index in [0.29, 0.717) is 28.5 Å². The molecule has 2 aromatic carbocycles. The van der Waals surface area contributed by atoms with Crippen LogP contribution in [0.4, 0.5) is 16.5 Å². The Bertz CT molecular complexity index is 1350. The van der Waals surface area contributed by atoms with Gasteiger partial charge in [-0.25, -0.2) is 4.98 Å². The summed E-state index contributed by atoms with van der Waals surface area (Å²) in [7, 11) is 0. The Balaban J connectivity index is 1.40. The highest BCUT2D eigenvalue weighted by Crippen LogP contribution is 2.31. The van der Waals surface area contributed by atoms with E-state index in [-0.39, 0.29) is 23.3 Å². The zero-order valence-electron chi connectivity index (χ0n) is 18.5. The molecule has 4 aromatic rings. The Morgan fingerprint density at radius 1 is 1.14 bits per heavy atom. The Kier molecular flexibility index (Phi) is 7.58. The van der Waals surface area contributed by atoms with Gasteiger partial charge in [-0.1, -0.05) is 25.1 Å². The number of amides is 2. The van der Waals surface area contributed by atoms with E-state index in [1.54, 1.807) is 47.8 Å². The smallest absolute Gasteiger partial charge is 0.291 e. The molecule has 1 atom stereocenters. The van der Waals surface area contributed by atoms with Crippen LogP contribution in [0.2, 0.25) is 0 Å². The van der Waals surface area contributed by atoms with Gasteiger partial charge in [-0.3, -0.25) is 19.7 Å². The number of nitro groups is 1. The molecule has 0 aliphatic carbocycles. The lowest BCUT2D eigenvalue weighted by Gasteiger charge is -2.14. The van der Waals surface area contributed by atoms with E-state index in [0.717, 1.165) is 4.90 Å². The highest BCUT2D eigenvalue weighted by atomic mass is 32.2. The number of nitrogens with one attached hydrogen (secondary N) is 2. The molecule has 4 rings (SSSR count). The van der Waals surface area contributed by atoms with E-state index >= 15 is 0 Å². The second-order valence-corrected chi connectivity index (χ2v) is 9.44. The molecule has 0 saturated heterocycles. The van der Waals surface area contributed by atoms with Crippen molar-refractivity contribution in [2.75, 3.05) is 10.6 Å². The van der Waals surface area contributed by atoms with Crippen LogP contribution in [0.15, 0.2) is 81.6 Å². The number of anilines is 2. The van der Waals surface area contributed by atoms with E-state index in [1.807, 2.05) is 13.0 Å². The number of hydrogen-bond donors (Lipinski definition) is 2. The largest absolute Gasteiger partial charge is 0.459 e. The molecule has 178 valence electrons. The average molecular weight is 509 g/mol. The molecule has 11 heteroatoms. The van der Waals surface area contributed by atoms with E-state index in [2.05, 4.69) is 15.6 Å². The van der Waals surface area contributed by atoms with Gasteiger partial charge in [-0.2, -0.15) is 0 Å². The molecule has 0 bridgehead atoms. The Hall–Kier alpha value is -3.96. The third-order valence-electron chi connectivity index (χ3n) is 4.87. The monoisotopic (exact) mass is 508 g/mol. The van der Waals surface area contributed by atoms with Gasteiger partial charge >= 0.3 is 0 Å². The van der Waals surface area contributed by atoms with Crippen LogP contribution in [0.5, 0.6) is 0 Å². The molecular formula is C24H20N4O5S2. The third-order valence-corrected chi connectivity index (χ3v) is 6.98. The van der Waals surface area contributed by atoms with Crippen LogP contribution in [0, 0.1) is 10.1 Å². The van der Waals surface area contributed by atoms with E-state index in [9.17, 15) is 19.7 Å². The number of aromatic nitrogens is 1. The molecule has 0 fully saturated rings. The first-order valence-corrected chi connectivity index (χ1v) is 12.3. The SMILES string of the molecule is CCC(Sc1cccc(NC(=O)c2ccco2)c1)C(=O)Nc1nc(-c2cccc([N+](=O)[O-])c2)cs1. The van der Waals surface area contributed by atoms with Gasteiger partial charge in [0.15, 0.2) is 10.9 Å². The molecular weight excluding hydrogens is 488 g/mol. The molecule has 0 spiro atoms. The molecule has 0 aliphatic heterocycles.